The van der Waals surface area contributed by atoms with Crippen LogP contribution in [0.2, 0.25) is 0 Å². The van der Waals surface area contributed by atoms with Crippen LogP contribution in [0, 0.1) is 0 Å². The highest BCUT2D eigenvalue weighted by atomic mass is 15.1. The van der Waals surface area contributed by atoms with E-state index in [1.807, 2.05) is 0 Å². The van der Waals surface area contributed by atoms with E-state index in [1.54, 1.807) is 0 Å². The smallest absolute Gasteiger partial charge is 0.0169 e. The predicted octanol–water partition coefficient (Wildman–Crippen LogP) is 6.54. The summed E-state index contributed by atoms with van der Waals surface area (Å²) in [6.45, 7) is 5.76. The van der Waals surface area contributed by atoms with Gasteiger partial charge in [0.2, 0.25) is 0 Å². The van der Waals surface area contributed by atoms with Gasteiger partial charge in [-0.3, -0.25) is 0 Å². The number of allylic oxidation sites excluding steroid dienone is 1. The first-order chi connectivity index (χ1) is 9.81. The first-order valence-corrected chi connectivity index (χ1v) is 9.18. The van der Waals surface area contributed by atoms with Gasteiger partial charge >= 0.3 is 0 Å². The van der Waals surface area contributed by atoms with Gasteiger partial charge in [0.1, 0.15) is 0 Å². The zero-order valence-corrected chi connectivity index (χ0v) is 14.5. The van der Waals surface area contributed by atoms with Gasteiger partial charge in [-0.2, -0.15) is 0 Å². The fraction of sp³-hybridized carbons (Fsp3) is 0.895. The van der Waals surface area contributed by atoms with Crippen molar-refractivity contribution < 1.29 is 0 Å². The molecule has 0 aromatic carbocycles. The molecule has 0 atom stereocenters. The van der Waals surface area contributed by atoms with E-state index in [1.165, 1.54) is 90.0 Å². The Bertz CT molecular complexity index is 198. The third-order valence-electron chi connectivity index (χ3n) is 3.95. The van der Waals surface area contributed by atoms with Gasteiger partial charge in [0.25, 0.3) is 0 Å². The second-order valence-corrected chi connectivity index (χ2v) is 6.19. The zero-order chi connectivity index (χ0) is 14.9. The first kappa shape index (κ1) is 19.5. The van der Waals surface area contributed by atoms with Crippen molar-refractivity contribution in [3.8, 4) is 0 Å². The first-order valence-electron chi connectivity index (χ1n) is 9.18. The van der Waals surface area contributed by atoms with E-state index in [4.69, 9.17) is 0 Å². The SMILES string of the molecule is CCCC/C=C/N(C)CCCCCCCCCCCC. The highest BCUT2D eigenvalue weighted by Gasteiger charge is 1.94. The van der Waals surface area contributed by atoms with Crippen LogP contribution in [0.4, 0.5) is 0 Å². The molecule has 0 aliphatic heterocycles. The van der Waals surface area contributed by atoms with E-state index in [2.05, 4.69) is 38.1 Å². The molecule has 120 valence electrons. The van der Waals surface area contributed by atoms with Gasteiger partial charge in [-0.05, 0) is 19.0 Å². The lowest BCUT2D eigenvalue weighted by Gasteiger charge is -2.13. The Hall–Kier alpha value is -0.460. The Balaban J connectivity index is 3.17. The Morgan fingerprint density at radius 1 is 0.650 bits per heavy atom. The largest absolute Gasteiger partial charge is 0.381 e. The average molecular weight is 282 g/mol. The maximum absolute atomic E-state index is 2.35. The summed E-state index contributed by atoms with van der Waals surface area (Å²) < 4.78 is 0. The normalized spacial score (nSPS) is 11.3. The second-order valence-electron chi connectivity index (χ2n) is 6.19. The molecule has 0 aromatic rings. The molecule has 0 saturated heterocycles. The Kier molecular flexibility index (Phi) is 16.2. The van der Waals surface area contributed by atoms with Crippen molar-refractivity contribution in [3.63, 3.8) is 0 Å². The fourth-order valence-corrected chi connectivity index (χ4v) is 2.50. The van der Waals surface area contributed by atoms with E-state index in [0.29, 0.717) is 0 Å². The summed E-state index contributed by atoms with van der Waals surface area (Å²) in [7, 11) is 2.20. The van der Waals surface area contributed by atoms with E-state index in [9.17, 15) is 0 Å². The van der Waals surface area contributed by atoms with Gasteiger partial charge < -0.3 is 4.90 Å². The molecule has 0 rings (SSSR count). The van der Waals surface area contributed by atoms with E-state index >= 15 is 0 Å². The summed E-state index contributed by atoms with van der Waals surface area (Å²) in [6.07, 6.45) is 22.7. The zero-order valence-electron chi connectivity index (χ0n) is 14.5. The third kappa shape index (κ3) is 15.6. The minimum Gasteiger partial charge on any atom is -0.381 e. The Labute approximate surface area is 128 Å². The van der Waals surface area contributed by atoms with Crippen LogP contribution < -0.4 is 0 Å². The van der Waals surface area contributed by atoms with Crippen molar-refractivity contribution >= 4 is 0 Å². The highest BCUT2D eigenvalue weighted by Crippen LogP contribution is 2.10. The molecular formula is C19H39N. The van der Waals surface area contributed by atoms with Crippen LogP contribution in [-0.4, -0.2) is 18.5 Å². The number of nitrogens with zero attached hydrogens (tertiary/aromatic N) is 1. The molecule has 0 amide bonds. The molecule has 0 fully saturated rings. The van der Waals surface area contributed by atoms with E-state index in [0.717, 1.165) is 0 Å². The highest BCUT2D eigenvalue weighted by molar-refractivity contribution is 4.80. The van der Waals surface area contributed by atoms with Crippen LogP contribution in [0.1, 0.15) is 97.3 Å². The predicted molar refractivity (Wildman–Crippen MR) is 93.1 cm³/mol. The lowest BCUT2D eigenvalue weighted by Crippen LogP contribution is -2.11. The second kappa shape index (κ2) is 16.6. The molecular weight excluding hydrogens is 242 g/mol. The maximum atomic E-state index is 2.35. The molecule has 0 N–H and O–H groups in total. The van der Waals surface area contributed by atoms with Crippen molar-refractivity contribution in [1.29, 1.82) is 0 Å². The lowest BCUT2D eigenvalue weighted by molar-refractivity contribution is 0.426. The summed E-state index contributed by atoms with van der Waals surface area (Å²) in [6, 6.07) is 0. The quantitative estimate of drug-likeness (QED) is 0.308. The molecule has 0 radical (unpaired) electrons. The van der Waals surface area contributed by atoms with Gasteiger partial charge in [0.05, 0.1) is 0 Å². The maximum Gasteiger partial charge on any atom is 0.0169 e. The van der Waals surface area contributed by atoms with E-state index < -0.39 is 0 Å². The number of hydrogen-bond donors (Lipinski definition) is 0. The van der Waals surface area contributed by atoms with Crippen LogP contribution in [0.5, 0.6) is 0 Å². The number of unbranched alkanes of at least 4 members (excludes halogenated alkanes) is 11. The minimum absolute atomic E-state index is 1.22. The molecule has 0 aliphatic rings. The molecule has 1 heteroatoms. The van der Waals surface area contributed by atoms with Crippen molar-refractivity contribution in [3.05, 3.63) is 12.3 Å². The third-order valence-corrected chi connectivity index (χ3v) is 3.95. The molecule has 0 saturated carbocycles. The summed E-state index contributed by atoms with van der Waals surface area (Å²) in [5.74, 6) is 0. The Morgan fingerprint density at radius 2 is 1.15 bits per heavy atom. The molecule has 0 aromatic heterocycles. The molecule has 1 nitrogen and oxygen atoms in total. The number of hydrogen-bond acceptors (Lipinski definition) is 1. The molecule has 0 heterocycles. The van der Waals surface area contributed by atoms with Crippen molar-refractivity contribution in [2.75, 3.05) is 13.6 Å². The van der Waals surface area contributed by atoms with Gasteiger partial charge in [-0.25, -0.2) is 0 Å². The van der Waals surface area contributed by atoms with Crippen LogP contribution in [-0.2, 0) is 0 Å². The lowest BCUT2D eigenvalue weighted by atomic mass is 10.1. The molecule has 0 bridgehead atoms. The summed E-state index contributed by atoms with van der Waals surface area (Å²) in [5, 5.41) is 0. The monoisotopic (exact) mass is 281 g/mol. The summed E-state index contributed by atoms with van der Waals surface area (Å²) in [5.41, 5.74) is 0. The van der Waals surface area contributed by atoms with Crippen LogP contribution >= 0.6 is 0 Å². The van der Waals surface area contributed by atoms with Crippen molar-refractivity contribution in [2.24, 2.45) is 0 Å². The molecule has 0 aliphatic carbocycles. The average Bonchev–Trinajstić information content (AvgIpc) is 2.45. The van der Waals surface area contributed by atoms with Gasteiger partial charge in [0, 0.05) is 13.6 Å². The Morgan fingerprint density at radius 3 is 1.70 bits per heavy atom. The van der Waals surface area contributed by atoms with Crippen LogP contribution in [0.3, 0.4) is 0 Å². The van der Waals surface area contributed by atoms with Crippen molar-refractivity contribution in [1.82, 2.24) is 4.90 Å². The van der Waals surface area contributed by atoms with Crippen LogP contribution in [0.15, 0.2) is 12.3 Å². The van der Waals surface area contributed by atoms with Crippen molar-refractivity contribution in [2.45, 2.75) is 97.3 Å². The molecule has 0 spiro atoms. The molecule has 0 unspecified atom stereocenters. The van der Waals surface area contributed by atoms with Gasteiger partial charge in [-0.15, -0.1) is 0 Å². The fourth-order valence-electron chi connectivity index (χ4n) is 2.50. The minimum atomic E-state index is 1.22. The standard InChI is InChI=1S/C19H39N/c1-4-6-8-10-11-12-13-14-15-17-19-20(3)18-16-9-7-5-2/h16,18H,4-15,17,19H2,1-3H3/b18-16+. The van der Waals surface area contributed by atoms with Crippen LogP contribution in [0.25, 0.3) is 0 Å². The van der Waals surface area contributed by atoms with Gasteiger partial charge in [0.15, 0.2) is 0 Å². The van der Waals surface area contributed by atoms with E-state index in [-0.39, 0.29) is 0 Å². The summed E-state index contributed by atoms with van der Waals surface area (Å²) in [4.78, 5) is 2.35. The number of rotatable bonds is 15. The molecule has 20 heavy (non-hydrogen) atoms. The van der Waals surface area contributed by atoms with Gasteiger partial charge in [-0.1, -0.05) is 90.6 Å². The summed E-state index contributed by atoms with van der Waals surface area (Å²) >= 11 is 0. The topological polar surface area (TPSA) is 3.24 Å².